The van der Waals surface area contributed by atoms with E-state index in [1.54, 1.807) is 20.3 Å². The Morgan fingerprint density at radius 1 is 1.11 bits per heavy atom. The number of aromatic nitrogens is 1. The molecule has 0 aliphatic carbocycles. The molecule has 0 spiro atoms. The zero-order valence-corrected chi connectivity index (χ0v) is 10.8. The van der Waals surface area contributed by atoms with Crippen molar-refractivity contribution in [3.8, 4) is 11.5 Å². The molecule has 5 nitrogen and oxygen atoms in total. The van der Waals surface area contributed by atoms with Crippen molar-refractivity contribution in [2.45, 2.75) is 6.92 Å². The van der Waals surface area contributed by atoms with Gasteiger partial charge < -0.3 is 19.2 Å². The molecule has 0 aliphatic heterocycles. The summed E-state index contributed by atoms with van der Waals surface area (Å²) in [5.41, 5.74) is 2.09. The molecule has 0 saturated heterocycles. The van der Waals surface area contributed by atoms with Gasteiger partial charge in [0, 0.05) is 11.5 Å². The van der Waals surface area contributed by atoms with Crippen LogP contribution in [0.15, 0.2) is 12.1 Å². The van der Waals surface area contributed by atoms with Gasteiger partial charge in [-0.1, -0.05) is 0 Å². The Labute approximate surface area is 105 Å². The number of hydrogen-bond donors (Lipinski definition) is 1. The molecule has 0 fully saturated rings. The largest absolute Gasteiger partial charge is 0.493 e. The average Bonchev–Trinajstić information content (AvgIpc) is 2.73. The number of esters is 1. The van der Waals surface area contributed by atoms with Gasteiger partial charge in [-0.05, 0) is 18.6 Å². The van der Waals surface area contributed by atoms with Gasteiger partial charge in [0.05, 0.1) is 26.8 Å². The van der Waals surface area contributed by atoms with E-state index < -0.39 is 0 Å². The minimum Gasteiger partial charge on any atom is -0.493 e. The molecule has 0 bridgehead atoms. The van der Waals surface area contributed by atoms with Crippen LogP contribution in [-0.2, 0) is 4.74 Å². The molecule has 0 atom stereocenters. The maximum absolute atomic E-state index is 11.6. The lowest BCUT2D eigenvalue weighted by Gasteiger charge is -2.07. The number of aryl methyl sites for hydroxylation is 1. The van der Waals surface area contributed by atoms with Gasteiger partial charge in [0.1, 0.15) is 5.69 Å². The van der Waals surface area contributed by atoms with Crippen molar-refractivity contribution in [3.63, 3.8) is 0 Å². The number of aromatic amines is 1. The lowest BCUT2D eigenvalue weighted by Crippen LogP contribution is -2.02. The first-order valence-electron chi connectivity index (χ1n) is 5.45. The van der Waals surface area contributed by atoms with E-state index in [0.29, 0.717) is 17.2 Å². The van der Waals surface area contributed by atoms with Crippen molar-refractivity contribution in [2.24, 2.45) is 0 Å². The summed E-state index contributed by atoms with van der Waals surface area (Å²) in [6, 6.07) is 3.64. The van der Waals surface area contributed by atoms with E-state index in [1.807, 2.05) is 13.0 Å². The Morgan fingerprint density at radius 3 is 2.28 bits per heavy atom. The fraction of sp³-hybridized carbons (Fsp3) is 0.308. The van der Waals surface area contributed by atoms with Crippen LogP contribution in [0, 0.1) is 6.92 Å². The molecule has 96 valence electrons. The molecule has 5 heteroatoms. The predicted molar refractivity (Wildman–Crippen MR) is 67.5 cm³/mol. The van der Waals surface area contributed by atoms with E-state index >= 15 is 0 Å². The van der Waals surface area contributed by atoms with Crippen LogP contribution in [-0.4, -0.2) is 32.3 Å². The molecule has 18 heavy (non-hydrogen) atoms. The number of nitrogens with one attached hydrogen (secondary N) is 1. The molecule has 0 unspecified atom stereocenters. The van der Waals surface area contributed by atoms with Crippen LogP contribution < -0.4 is 9.47 Å². The highest BCUT2D eigenvalue weighted by Crippen LogP contribution is 2.34. The molecule has 0 radical (unpaired) electrons. The number of hydrogen-bond acceptors (Lipinski definition) is 4. The van der Waals surface area contributed by atoms with Crippen molar-refractivity contribution < 1.29 is 19.0 Å². The smallest absolute Gasteiger partial charge is 0.354 e. The van der Waals surface area contributed by atoms with Gasteiger partial charge in [-0.3, -0.25) is 0 Å². The zero-order chi connectivity index (χ0) is 13.3. The SMILES string of the molecule is COC(=O)c1[nH]c2cc(OC)c(OC)cc2c1C. The van der Waals surface area contributed by atoms with Crippen molar-refractivity contribution in [2.75, 3.05) is 21.3 Å². The molecule has 1 aromatic carbocycles. The summed E-state index contributed by atoms with van der Waals surface area (Å²) in [4.78, 5) is 14.6. The van der Waals surface area contributed by atoms with Gasteiger partial charge in [0.25, 0.3) is 0 Å². The molecule has 2 rings (SSSR count). The zero-order valence-electron chi connectivity index (χ0n) is 10.8. The third-order valence-electron chi connectivity index (χ3n) is 2.95. The van der Waals surface area contributed by atoms with E-state index in [4.69, 9.17) is 14.2 Å². The summed E-state index contributed by atoms with van der Waals surface area (Å²) in [6.45, 7) is 1.86. The molecular formula is C13H15NO4. The number of rotatable bonds is 3. The van der Waals surface area contributed by atoms with Gasteiger partial charge in [0.15, 0.2) is 11.5 Å². The average molecular weight is 249 g/mol. The summed E-state index contributed by atoms with van der Waals surface area (Å²) in [5.74, 6) is 0.854. The molecule has 1 heterocycles. The summed E-state index contributed by atoms with van der Waals surface area (Å²) in [5, 5.41) is 0.910. The number of H-pyrrole nitrogens is 1. The minimum absolute atomic E-state index is 0.387. The Morgan fingerprint density at radius 2 is 1.72 bits per heavy atom. The lowest BCUT2D eigenvalue weighted by atomic mass is 10.1. The first-order chi connectivity index (χ1) is 8.62. The standard InChI is InChI=1S/C13H15NO4/c1-7-8-5-10(16-2)11(17-3)6-9(8)14-12(7)13(15)18-4/h5-6,14H,1-4H3. The fourth-order valence-electron chi connectivity index (χ4n) is 1.96. The number of ether oxygens (including phenoxy) is 3. The van der Waals surface area contributed by atoms with Crippen molar-refractivity contribution in [1.82, 2.24) is 4.98 Å². The number of fused-ring (bicyclic) bond motifs is 1. The Kier molecular flexibility index (Phi) is 3.14. The third-order valence-corrected chi connectivity index (χ3v) is 2.95. The summed E-state index contributed by atoms with van der Waals surface area (Å²) >= 11 is 0. The Hall–Kier alpha value is -2.17. The van der Waals surface area contributed by atoms with Gasteiger partial charge in [0.2, 0.25) is 0 Å². The maximum atomic E-state index is 11.6. The number of benzene rings is 1. The van der Waals surface area contributed by atoms with Crippen LogP contribution in [0.3, 0.4) is 0 Å². The van der Waals surface area contributed by atoms with Crippen LogP contribution in [0.4, 0.5) is 0 Å². The summed E-state index contributed by atoms with van der Waals surface area (Å²) in [7, 11) is 4.50. The van der Waals surface area contributed by atoms with Crippen LogP contribution in [0.5, 0.6) is 11.5 Å². The fourth-order valence-corrected chi connectivity index (χ4v) is 1.96. The van der Waals surface area contributed by atoms with Crippen LogP contribution >= 0.6 is 0 Å². The van der Waals surface area contributed by atoms with Crippen LogP contribution in [0.2, 0.25) is 0 Å². The third kappa shape index (κ3) is 1.77. The van der Waals surface area contributed by atoms with Crippen molar-refractivity contribution >= 4 is 16.9 Å². The first kappa shape index (κ1) is 12.3. The maximum Gasteiger partial charge on any atom is 0.354 e. The second kappa shape index (κ2) is 4.60. The highest BCUT2D eigenvalue weighted by atomic mass is 16.5. The predicted octanol–water partition coefficient (Wildman–Crippen LogP) is 2.28. The van der Waals surface area contributed by atoms with Gasteiger partial charge in [-0.15, -0.1) is 0 Å². The minimum atomic E-state index is -0.387. The lowest BCUT2D eigenvalue weighted by molar-refractivity contribution is 0.0594. The van der Waals surface area contributed by atoms with Crippen LogP contribution in [0.25, 0.3) is 10.9 Å². The molecular weight excluding hydrogens is 234 g/mol. The molecule has 1 N–H and O–H groups in total. The number of carbonyl (C=O) groups excluding carboxylic acids is 1. The second-order valence-electron chi connectivity index (χ2n) is 3.87. The monoisotopic (exact) mass is 249 g/mol. The topological polar surface area (TPSA) is 60.6 Å². The molecule has 0 saturated carbocycles. The molecule has 2 aromatic rings. The van der Waals surface area contributed by atoms with E-state index in [0.717, 1.165) is 16.5 Å². The van der Waals surface area contributed by atoms with E-state index in [1.165, 1.54) is 7.11 Å². The van der Waals surface area contributed by atoms with Crippen molar-refractivity contribution in [1.29, 1.82) is 0 Å². The molecule has 0 aliphatic rings. The Balaban J connectivity index is 2.69. The molecule has 0 amide bonds. The molecule has 1 aromatic heterocycles. The first-order valence-corrected chi connectivity index (χ1v) is 5.45. The quantitative estimate of drug-likeness (QED) is 0.848. The van der Waals surface area contributed by atoms with Gasteiger partial charge in [-0.2, -0.15) is 0 Å². The van der Waals surface area contributed by atoms with Crippen LogP contribution in [0.1, 0.15) is 16.1 Å². The normalized spacial score (nSPS) is 10.4. The Bertz CT molecular complexity index is 601. The summed E-state index contributed by atoms with van der Waals surface area (Å²) in [6.07, 6.45) is 0. The summed E-state index contributed by atoms with van der Waals surface area (Å²) < 4.78 is 15.2. The van der Waals surface area contributed by atoms with Crippen molar-refractivity contribution in [3.05, 3.63) is 23.4 Å². The second-order valence-corrected chi connectivity index (χ2v) is 3.87. The van der Waals surface area contributed by atoms with Gasteiger partial charge >= 0.3 is 5.97 Å². The van der Waals surface area contributed by atoms with Gasteiger partial charge in [-0.25, -0.2) is 4.79 Å². The van der Waals surface area contributed by atoms with E-state index in [2.05, 4.69) is 4.98 Å². The number of carbonyl (C=O) groups is 1. The highest BCUT2D eigenvalue weighted by Gasteiger charge is 2.17. The van der Waals surface area contributed by atoms with E-state index in [9.17, 15) is 4.79 Å². The number of methoxy groups -OCH3 is 3. The van der Waals surface area contributed by atoms with E-state index in [-0.39, 0.29) is 5.97 Å². The highest BCUT2D eigenvalue weighted by molar-refractivity contribution is 5.99.